The molecule has 0 amide bonds. The maximum atomic E-state index is 10.9. The Hall–Kier alpha value is -1.03. The minimum absolute atomic E-state index is 0.338. The largest absolute Gasteiger partial charge is 0.478 e. The predicted octanol–water partition coefficient (Wildman–Crippen LogP) is 3.38. The Labute approximate surface area is 115 Å². The number of hydrogen-bond acceptors (Lipinski definition) is 2. The maximum absolute atomic E-state index is 10.9. The zero-order valence-electron chi connectivity index (χ0n) is 10.1. The summed E-state index contributed by atoms with van der Waals surface area (Å²) in [5, 5.41) is 8.96. The summed E-state index contributed by atoms with van der Waals surface area (Å²) in [5.74, 6) is 0.813. The fourth-order valence-electron chi connectivity index (χ4n) is 3.33. The van der Waals surface area contributed by atoms with E-state index in [0.29, 0.717) is 5.56 Å². The summed E-state index contributed by atoms with van der Waals surface area (Å²) in [5.41, 5.74) is 1.47. The summed E-state index contributed by atoms with van der Waals surface area (Å²) in [7, 11) is 0. The number of fused-ring (bicyclic) bond motifs is 1. The van der Waals surface area contributed by atoms with E-state index in [-0.39, 0.29) is 0 Å². The Bertz CT molecular complexity index is 477. The van der Waals surface area contributed by atoms with Gasteiger partial charge in [0.15, 0.2) is 0 Å². The van der Waals surface area contributed by atoms with E-state index in [1.807, 2.05) is 6.07 Å². The zero-order chi connectivity index (χ0) is 12.7. The highest BCUT2D eigenvalue weighted by Crippen LogP contribution is 2.41. The van der Waals surface area contributed by atoms with Crippen molar-refractivity contribution in [3.05, 3.63) is 28.2 Å². The van der Waals surface area contributed by atoms with Gasteiger partial charge in [0.1, 0.15) is 0 Å². The molecule has 1 saturated heterocycles. The summed E-state index contributed by atoms with van der Waals surface area (Å²) in [6.45, 7) is 2.24. The van der Waals surface area contributed by atoms with Crippen molar-refractivity contribution in [3.8, 4) is 0 Å². The van der Waals surface area contributed by atoms with Crippen molar-refractivity contribution in [2.24, 2.45) is 11.8 Å². The van der Waals surface area contributed by atoms with Gasteiger partial charge in [-0.15, -0.1) is 0 Å². The highest BCUT2D eigenvalue weighted by molar-refractivity contribution is 9.10. The lowest BCUT2D eigenvalue weighted by Gasteiger charge is -2.21. The Balaban J connectivity index is 1.83. The minimum atomic E-state index is -0.874. The van der Waals surface area contributed by atoms with Crippen LogP contribution in [0.1, 0.15) is 29.6 Å². The van der Waals surface area contributed by atoms with Gasteiger partial charge in [-0.25, -0.2) is 4.79 Å². The van der Waals surface area contributed by atoms with E-state index in [1.165, 1.54) is 19.3 Å². The topological polar surface area (TPSA) is 40.5 Å². The van der Waals surface area contributed by atoms with Crippen LogP contribution in [0.4, 0.5) is 5.69 Å². The van der Waals surface area contributed by atoms with Crippen molar-refractivity contribution < 1.29 is 9.90 Å². The molecule has 3 rings (SSSR count). The van der Waals surface area contributed by atoms with E-state index in [1.54, 1.807) is 12.1 Å². The molecule has 4 heteroatoms. The summed E-state index contributed by atoms with van der Waals surface area (Å²) < 4.78 is 0.891. The normalized spacial score (nSPS) is 26.4. The van der Waals surface area contributed by atoms with Gasteiger partial charge in [-0.05, 0) is 58.8 Å². The molecule has 1 aromatic rings. The van der Waals surface area contributed by atoms with Gasteiger partial charge in [0, 0.05) is 17.6 Å². The van der Waals surface area contributed by atoms with Crippen molar-refractivity contribution in [1.29, 1.82) is 0 Å². The van der Waals surface area contributed by atoms with Crippen LogP contribution >= 0.6 is 15.9 Å². The van der Waals surface area contributed by atoms with Gasteiger partial charge in [0.25, 0.3) is 0 Å². The number of hydrogen-bond donors (Lipinski definition) is 1. The Morgan fingerprint density at radius 3 is 2.50 bits per heavy atom. The van der Waals surface area contributed by atoms with Gasteiger partial charge in [0.2, 0.25) is 0 Å². The highest BCUT2D eigenvalue weighted by Gasteiger charge is 2.36. The molecule has 0 radical (unpaired) electrons. The first-order valence-corrected chi connectivity index (χ1v) is 7.22. The highest BCUT2D eigenvalue weighted by atomic mass is 79.9. The molecule has 96 valence electrons. The molecule has 1 aliphatic heterocycles. The molecule has 0 aromatic heterocycles. The molecule has 2 unspecified atom stereocenters. The van der Waals surface area contributed by atoms with Crippen LogP contribution in [0.25, 0.3) is 0 Å². The van der Waals surface area contributed by atoms with E-state index in [9.17, 15) is 4.79 Å². The second-order valence-corrected chi connectivity index (χ2v) is 6.18. The molecule has 0 bridgehead atoms. The van der Waals surface area contributed by atoms with Crippen molar-refractivity contribution in [1.82, 2.24) is 0 Å². The molecular weight excluding hydrogens is 294 g/mol. The fraction of sp³-hybridized carbons (Fsp3) is 0.500. The molecule has 1 aliphatic carbocycles. The Kier molecular flexibility index (Phi) is 3.06. The van der Waals surface area contributed by atoms with Gasteiger partial charge in [0.05, 0.1) is 11.3 Å². The second kappa shape index (κ2) is 4.57. The number of carboxylic acids is 1. The molecule has 18 heavy (non-hydrogen) atoms. The Morgan fingerprint density at radius 1 is 1.28 bits per heavy atom. The summed E-state index contributed by atoms with van der Waals surface area (Å²) in [4.78, 5) is 13.3. The first-order chi connectivity index (χ1) is 8.65. The Morgan fingerprint density at radius 2 is 1.94 bits per heavy atom. The van der Waals surface area contributed by atoms with Gasteiger partial charge >= 0.3 is 5.97 Å². The molecule has 2 fully saturated rings. The van der Waals surface area contributed by atoms with Crippen molar-refractivity contribution in [2.75, 3.05) is 18.0 Å². The van der Waals surface area contributed by atoms with Crippen LogP contribution in [-0.2, 0) is 0 Å². The van der Waals surface area contributed by atoms with Gasteiger partial charge < -0.3 is 10.0 Å². The van der Waals surface area contributed by atoms with Crippen molar-refractivity contribution >= 4 is 27.6 Å². The molecule has 1 aromatic carbocycles. The minimum Gasteiger partial charge on any atom is -0.478 e. The molecule has 1 heterocycles. The van der Waals surface area contributed by atoms with E-state index in [0.717, 1.165) is 35.1 Å². The van der Waals surface area contributed by atoms with E-state index < -0.39 is 5.97 Å². The molecule has 0 spiro atoms. The van der Waals surface area contributed by atoms with E-state index in [2.05, 4.69) is 20.8 Å². The number of rotatable bonds is 2. The van der Waals surface area contributed by atoms with Crippen LogP contribution in [0, 0.1) is 11.8 Å². The van der Waals surface area contributed by atoms with E-state index in [4.69, 9.17) is 5.11 Å². The fourth-order valence-corrected chi connectivity index (χ4v) is 3.96. The van der Waals surface area contributed by atoms with E-state index >= 15 is 0 Å². The third-order valence-electron chi connectivity index (χ3n) is 4.26. The van der Waals surface area contributed by atoms with Crippen LogP contribution in [0.5, 0.6) is 0 Å². The lowest BCUT2D eigenvalue weighted by Crippen LogP contribution is -2.21. The second-order valence-electron chi connectivity index (χ2n) is 5.33. The third kappa shape index (κ3) is 2.03. The first-order valence-electron chi connectivity index (χ1n) is 6.43. The van der Waals surface area contributed by atoms with Crippen molar-refractivity contribution in [2.45, 2.75) is 19.3 Å². The average Bonchev–Trinajstić information content (AvgIpc) is 2.88. The number of nitrogens with zero attached hydrogens (tertiary/aromatic N) is 1. The van der Waals surface area contributed by atoms with Crippen LogP contribution in [0.3, 0.4) is 0 Å². The molecule has 1 saturated carbocycles. The standard InChI is InChI=1S/C14H16BrNO2/c15-12-6-9(14(17)18)4-5-13(12)16-7-10-2-1-3-11(10)8-16/h4-6,10-11H,1-3,7-8H2,(H,17,18). The average molecular weight is 310 g/mol. The molecule has 3 nitrogen and oxygen atoms in total. The predicted molar refractivity (Wildman–Crippen MR) is 74.1 cm³/mol. The molecule has 2 atom stereocenters. The number of benzene rings is 1. The van der Waals surface area contributed by atoms with Gasteiger partial charge in [-0.2, -0.15) is 0 Å². The summed E-state index contributed by atoms with van der Waals surface area (Å²) in [6, 6.07) is 5.32. The van der Waals surface area contributed by atoms with Gasteiger partial charge in [-0.3, -0.25) is 0 Å². The van der Waals surface area contributed by atoms with Crippen molar-refractivity contribution in [3.63, 3.8) is 0 Å². The lowest BCUT2D eigenvalue weighted by molar-refractivity contribution is 0.0697. The number of carbonyl (C=O) groups is 1. The number of anilines is 1. The lowest BCUT2D eigenvalue weighted by atomic mass is 10.0. The zero-order valence-corrected chi connectivity index (χ0v) is 11.7. The monoisotopic (exact) mass is 309 g/mol. The van der Waals surface area contributed by atoms with Gasteiger partial charge in [-0.1, -0.05) is 6.42 Å². The molecular formula is C14H16BrNO2. The smallest absolute Gasteiger partial charge is 0.335 e. The number of carboxylic acid groups (broad SMARTS) is 1. The SMILES string of the molecule is O=C(O)c1ccc(N2CC3CCCC3C2)c(Br)c1. The first kappa shape index (κ1) is 12.0. The maximum Gasteiger partial charge on any atom is 0.335 e. The van der Waals surface area contributed by atoms with Crippen LogP contribution in [0.15, 0.2) is 22.7 Å². The van der Waals surface area contributed by atoms with Crippen LogP contribution in [0.2, 0.25) is 0 Å². The summed E-state index contributed by atoms with van der Waals surface area (Å²) in [6.07, 6.45) is 4.08. The molecule has 2 aliphatic rings. The van der Waals surface area contributed by atoms with Crippen LogP contribution in [-0.4, -0.2) is 24.2 Å². The number of aromatic carboxylic acids is 1. The van der Waals surface area contributed by atoms with Crippen LogP contribution < -0.4 is 4.90 Å². The number of halogens is 1. The third-order valence-corrected chi connectivity index (χ3v) is 4.90. The molecule has 1 N–H and O–H groups in total. The summed E-state index contributed by atoms with van der Waals surface area (Å²) >= 11 is 3.50. The quantitative estimate of drug-likeness (QED) is 0.910.